The molecule has 0 aromatic heterocycles. The van der Waals surface area contributed by atoms with Crippen LogP contribution in [0.5, 0.6) is 0 Å². The van der Waals surface area contributed by atoms with Crippen LogP contribution >= 0.6 is 0 Å². The number of nitrogens with zero attached hydrogens (tertiary/aromatic N) is 4. The number of rotatable bonds is 7. The van der Waals surface area contributed by atoms with Crippen molar-refractivity contribution in [3.05, 3.63) is 71.8 Å². The van der Waals surface area contributed by atoms with Crippen LogP contribution in [0.25, 0.3) is 0 Å². The Morgan fingerprint density at radius 2 is 0.923 bits per heavy atom. The molecule has 4 nitrogen and oxygen atoms in total. The molecule has 2 rings (SSSR count). The zero-order valence-electron chi connectivity index (χ0n) is 16.7. The van der Waals surface area contributed by atoms with Gasteiger partial charge in [-0.25, -0.2) is 0 Å². The molecule has 26 heavy (non-hydrogen) atoms. The van der Waals surface area contributed by atoms with Crippen molar-refractivity contribution < 1.29 is 0 Å². The highest BCUT2D eigenvalue weighted by Crippen LogP contribution is 2.23. The Balaban J connectivity index is 2.44. The van der Waals surface area contributed by atoms with E-state index < -0.39 is 0 Å². The molecule has 2 atom stereocenters. The monoisotopic (exact) mass is 350 g/mol. The van der Waals surface area contributed by atoms with E-state index in [4.69, 9.17) is 10.2 Å². The molecule has 2 aromatic carbocycles. The van der Waals surface area contributed by atoms with Gasteiger partial charge in [-0.15, -0.1) is 0 Å². The predicted molar refractivity (Wildman–Crippen MR) is 112 cm³/mol. The molecule has 0 saturated carbocycles. The molecule has 0 bridgehead atoms. The lowest BCUT2D eigenvalue weighted by Crippen LogP contribution is -2.29. The third kappa shape index (κ3) is 5.19. The summed E-state index contributed by atoms with van der Waals surface area (Å²) in [7, 11) is 7.86. The lowest BCUT2D eigenvalue weighted by Gasteiger charge is -2.26. The van der Waals surface area contributed by atoms with Crippen molar-refractivity contribution in [2.45, 2.75) is 13.8 Å². The van der Waals surface area contributed by atoms with E-state index in [-0.39, 0.29) is 11.8 Å². The van der Waals surface area contributed by atoms with Crippen molar-refractivity contribution in [1.82, 2.24) is 10.0 Å². The fourth-order valence-electron chi connectivity index (χ4n) is 2.95. The molecule has 0 fully saturated rings. The molecular weight excluding hydrogens is 320 g/mol. The van der Waals surface area contributed by atoms with Gasteiger partial charge >= 0.3 is 0 Å². The molecule has 0 aliphatic rings. The highest BCUT2D eigenvalue weighted by Gasteiger charge is 2.25. The molecule has 0 N–H and O–H groups in total. The van der Waals surface area contributed by atoms with Crippen molar-refractivity contribution in [2.75, 3.05) is 28.2 Å². The van der Waals surface area contributed by atoms with Gasteiger partial charge in [0.1, 0.15) is 0 Å². The first-order chi connectivity index (χ1) is 12.4. The molecule has 2 unspecified atom stereocenters. The van der Waals surface area contributed by atoms with E-state index in [2.05, 4.69) is 62.4 Å². The van der Waals surface area contributed by atoms with E-state index in [0.29, 0.717) is 0 Å². The van der Waals surface area contributed by atoms with Crippen molar-refractivity contribution in [1.29, 1.82) is 0 Å². The molecule has 0 aliphatic heterocycles. The third-order valence-corrected chi connectivity index (χ3v) is 4.37. The number of hydrogen-bond donors (Lipinski definition) is 0. The lowest BCUT2D eigenvalue weighted by molar-refractivity contribution is 0.423. The Morgan fingerprint density at radius 1 is 0.615 bits per heavy atom. The van der Waals surface area contributed by atoms with Gasteiger partial charge in [0, 0.05) is 40.0 Å². The number of hydrogen-bond acceptors (Lipinski definition) is 4. The first kappa shape index (κ1) is 19.7. The second kappa shape index (κ2) is 9.18. The highest BCUT2D eigenvalue weighted by atomic mass is 15.4. The summed E-state index contributed by atoms with van der Waals surface area (Å²) in [6.45, 7) is 4.46. The molecule has 0 saturated heterocycles. The van der Waals surface area contributed by atoms with Gasteiger partial charge in [0.25, 0.3) is 0 Å². The van der Waals surface area contributed by atoms with Crippen LogP contribution in [0.3, 0.4) is 0 Å². The van der Waals surface area contributed by atoms with Crippen LogP contribution in [0.4, 0.5) is 0 Å². The van der Waals surface area contributed by atoms with Gasteiger partial charge in [-0.2, -0.15) is 10.2 Å². The third-order valence-electron chi connectivity index (χ3n) is 4.37. The maximum atomic E-state index is 4.80. The smallest absolute Gasteiger partial charge is 0.0712 e. The van der Waals surface area contributed by atoms with E-state index in [1.165, 1.54) is 0 Å². The Kier molecular flexibility index (Phi) is 6.96. The zero-order valence-corrected chi connectivity index (χ0v) is 16.7. The van der Waals surface area contributed by atoms with Crippen LogP contribution in [-0.4, -0.2) is 49.6 Å². The SMILES string of the molecule is CC(/C(=N/N(C)C)c1ccccc1)C(C)/C(=N/N(C)C)c1ccccc1. The summed E-state index contributed by atoms with van der Waals surface area (Å²) in [6, 6.07) is 20.8. The summed E-state index contributed by atoms with van der Waals surface area (Å²) in [5.41, 5.74) is 4.45. The first-order valence-corrected chi connectivity index (χ1v) is 9.02. The van der Waals surface area contributed by atoms with Crippen LogP contribution in [0.15, 0.2) is 70.9 Å². The summed E-state index contributed by atoms with van der Waals surface area (Å²) in [5, 5.41) is 13.4. The summed E-state index contributed by atoms with van der Waals surface area (Å²) in [5.74, 6) is 0.414. The summed E-state index contributed by atoms with van der Waals surface area (Å²) in [6.07, 6.45) is 0. The average Bonchev–Trinajstić information content (AvgIpc) is 2.64. The molecule has 2 aromatic rings. The van der Waals surface area contributed by atoms with Gasteiger partial charge in [0.2, 0.25) is 0 Å². The van der Waals surface area contributed by atoms with Gasteiger partial charge < -0.3 is 10.0 Å². The van der Waals surface area contributed by atoms with E-state index >= 15 is 0 Å². The van der Waals surface area contributed by atoms with Crippen LogP contribution in [-0.2, 0) is 0 Å². The van der Waals surface area contributed by atoms with Crippen LogP contribution in [0.1, 0.15) is 25.0 Å². The normalized spacial score (nSPS) is 14.7. The maximum absolute atomic E-state index is 4.80. The average molecular weight is 351 g/mol. The van der Waals surface area contributed by atoms with Gasteiger partial charge in [0.15, 0.2) is 0 Å². The quantitative estimate of drug-likeness (QED) is 0.554. The largest absolute Gasteiger partial charge is 0.303 e. The summed E-state index contributed by atoms with van der Waals surface area (Å²) in [4.78, 5) is 0. The molecule has 0 spiro atoms. The van der Waals surface area contributed by atoms with Crippen LogP contribution in [0, 0.1) is 11.8 Å². The molecule has 0 radical (unpaired) electrons. The molecule has 0 aliphatic carbocycles. The second-order valence-corrected chi connectivity index (χ2v) is 6.97. The van der Waals surface area contributed by atoms with Crippen LogP contribution < -0.4 is 0 Å². The van der Waals surface area contributed by atoms with E-state index in [1.807, 2.05) is 50.3 Å². The minimum atomic E-state index is 0.207. The zero-order chi connectivity index (χ0) is 19.1. The van der Waals surface area contributed by atoms with Crippen molar-refractivity contribution >= 4 is 11.4 Å². The molecular formula is C22H30N4. The lowest BCUT2D eigenvalue weighted by atomic mass is 9.82. The van der Waals surface area contributed by atoms with Gasteiger partial charge in [-0.05, 0) is 11.1 Å². The Bertz CT molecular complexity index is 668. The van der Waals surface area contributed by atoms with Crippen LogP contribution in [0.2, 0.25) is 0 Å². The van der Waals surface area contributed by atoms with Crippen molar-refractivity contribution in [3.8, 4) is 0 Å². The summed E-state index contributed by atoms with van der Waals surface area (Å²) < 4.78 is 0. The number of hydrazone groups is 2. The Labute approximate surface area is 157 Å². The predicted octanol–water partition coefficient (Wildman–Crippen LogP) is 4.19. The Morgan fingerprint density at radius 3 is 1.19 bits per heavy atom. The summed E-state index contributed by atoms with van der Waals surface area (Å²) >= 11 is 0. The standard InChI is InChI=1S/C22H30N4/c1-17(21(23-25(3)4)19-13-9-7-10-14-19)18(2)22(24-26(5)6)20-15-11-8-12-16-20/h7-18H,1-6H3/b23-21-,24-22-. The fourth-order valence-corrected chi connectivity index (χ4v) is 2.95. The van der Waals surface area contributed by atoms with Gasteiger partial charge in [-0.1, -0.05) is 74.5 Å². The minimum Gasteiger partial charge on any atom is -0.303 e. The van der Waals surface area contributed by atoms with Crippen molar-refractivity contribution in [2.24, 2.45) is 22.0 Å². The van der Waals surface area contributed by atoms with Gasteiger partial charge in [0.05, 0.1) is 11.4 Å². The second-order valence-electron chi connectivity index (χ2n) is 6.97. The van der Waals surface area contributed by atoms with Gasteiger partial charge in [-0.3, -0.25) is 0 Å². The van der Waals surface area contributed by atoms with Crippen molar-refractivity contribution in [3.63, 3.8) is 0 Å². The number of benzene rings is 2. The Hall–Kier alpha value is -2.62. The maximum Gasteiger partial charge on any atom is 0.0712 e. The van der Waals surface area contributed by atoms with E-state index in [0.717, 1.165) is 22.6 Å². The van der Waals surface area contributed by atoms with E-state index in [1.54, 1.807) is 0 Å². The fraction of sp³-hybridized carbons (Fsp3) is 0.364. The first-order valence-electron chi connectivity index (χ1n) is 9.02. The molecule has 0 heterocycles. The van der Waals surface area contributed by atoms with E-state index in [9.17, 15) is 0 Å². The highest BCUT2D eigenvalue weighted by molar-refractivity contribution is 6.08. The topological polar surface area (TPSA) is 31.2 Å². The molecule has 0 amide bonds. The molecule has 138 valence electrons. The molecule has 4 heteroatoms. The minimum absolute atomic E-state index is 0.207.